The molecule has 10 rings (SSSR count). The number of nitrogens with one attached hydrogen (secondary N) is 2. The number of fused-ring (bicyclic) bond motifs is 4. The van der Waals surface area contributed by atoms with Crippen molar-refractivity contribution < 1.29 is 19.6 Å². The van der Waals surface area contributed by atoms with Crippen LogP contribution in [0.2, 0.25) is 0 Å². The molecule has 0 radical (unpaired) electrons. The minimum Gasteiger partial charge on any atom is -0.423 e. The maximum absolute atomic E-state index is 13.5. The summed E-state index contributed by atoms with van der Waals surface area (Å²) in [6, 6.07) is 43.3. The number of carbonyl (C=O) groups is 2. The topological polar surface area (TPSA) is 209 Å². The number of halogens is 1. The van der Waals surface area contributed by atoms with Gasteiger partial charge in [-0.3, -0.25) is 9.59 Å². The Hall–Kier alpha value is -6.83. The van der Waals surface area contributed by atoms with Crippen LogP contribution in [0.1, 0.15) is 54.4 Å². The Labute approximate surface area is 396 Å². The number of hydrogen-bond donors (Lipinski definition) is 6. The second kappa shape index (κ2) is 20.6. The van der Waals surface area contributed by atoms with Gasteiger partial charge in [0.25, 0.3) is 11.8 Å². The van der Waals surface area contributed by atoms with Gasteiger partial charge in [0.05, 0.1) is 11.0 Å². The lowest BCUT2D eigenvalue weighted by molar-refractivity contribution is 0.0741. The molecule has 14 nitrogen and oxygen atoms in total. The van der Waals surface area contributed by atoms with Gasteiger partial charge in [0.1, 0.15) is 11.4 Å². The predicted octanol–water partition coefficient (Wildman–Crippen LogP) is 5.81. The molecule has 0 bridgehead atoms. The van der Waals surface area contributed by atoms with Crippen LogP contribution in [0, 0.1) is 3.57 Å². The average molecular weight is 991 g/mol. The molecular formula is C50H48BIN10O4. The molecule has 0 aliphatic carbocycles. The zero-order chi connectivity index (χ0) is 46.3. The number of rotatable bonds is 8. The maximum atomic E-state index is 13.5. The molecule has 16 heteroatoms. The first-order valence-corrected chi connectivity index (χ1v) is 22.4. The van der Waals surface area contributed by atoms with Gasteiger partial charge in [-0.25, -0.2) is 19.9 Å². The van der Waals surface area contributed by atoms with Crippen LogP contribution in [0.5, 0.6) is 0 Å². The van der Waals surface area contributed by atoms with Gasteiger partial charge in [0, 0.05) is 53.6 Å². The Morgan fingerprint density at radius 1 is 0.591 bits per heavy atom. The van der Waals surface area contributed by atoms with Gasteiger partial charge in [-0.05, 0) is 117 Å². The van der Waals surface area contributed by atoms with Crippen molar-refractivity contribution in [2.24, 2.45) is 0 Å². The van der Waals surface area contributed by atoms with Crippen LogP contribution in [0.4, 0.5) is 11.9 Å². The van der Waals surface area contributed by atoms with E-state index in [0.717, 1.165) is 32.2 Å². The van der Waals surface area contributed by atoms with Crippen LogP contribution in [0.3, 0.4) is 0 Å². The number of amides is 2. The molecule has 6 aromatic carbocycles. The molecule has 2 aliphatic rings. The quantitative estimate of drug-likeness (QED) is 0.0788. The number of hydrogen-bond acceptors (Lipinski definition) is 12. The van der Waals surface area contributed by atoms with Crippen molar-refractivity contribution >= 4 is 80.7 Å². The van der Waals surface area contributed by atoms with E-state index in [1.807, 2.05) is 104 Å². The van der Waals surface area contributed by atoms with Gasteiger partial charge in [-0.1, -0.05) is 103 Å². The van der Waals surface area contributed by atoms with Crippen LogP contribution in [0.15, 0.2) is 133 Å². The largest absolute Gasteiger partial charge is 0.488 e. The molecule has 2 amide bonds. The molecule has 2 aliphatic heterocycles. The summed E-state index contributed by atoms with van der Waals surface area (Å²) in [5.41, 5.74) is 23.3. The van der Waals surface area contributed by atoms with Crippen molar-refractivity contribution in [2.45, 2.75) is 39.3 Å². The summed E-state index contributed by atoms with van der Waals surface area (Å²) in [6.07, 6.45) is 0. The molecule has 0 unspecified atom stereocenters. The Balaban J connectivity index is 0.000000148. The summed E-state index contributed by atoms with van der Waals surface area (Å²) in [7, 11) is 2.37. The smallest absolute Gasteiger partial charge is 0.423 e. The van der Waals surface area contributed by atoms with E-state index in [0.29, 0.717) is 66.0 Å². The Morgan fingerprint density at radius 2 is 1.03 bits per heavy atom. The lowest BCUT2D eigenvalue weighted by atomic mass is 9.77. The summed E-state index contributed by atoms with van der Waals surface area (Å²) in [4.78, 5) is 47.2. The molecule has 0 spiro atoms. The molecule has 8 aromatic rings. The van der Waals surface area contributed by atoms with Crippen LogP contribution in [0.25, 0.3) is 32.9 Å². The van der Waals surface area contributed by atoms with Crippen molar-refractivity contribution in [1.29, 1.82) is 0 Å². The number of nitrogen functional groups attached to an aromatic ring is 2. The third-order valence-electron chi connectivity index (χ3n) is 11.4. The Bertz CT molecular complexity index is 3030. The molecule has 0 saturated carbocycles. The van der Waals surface area contributed by atoms with Crippen LogP contribution >= 0.6 is 22.6 Å². The lowest BCUT2D eigenvalue weighted by Gasteiger charge is -2.17. The molecule has 8 N–H and O–H groups in total. The third kappa shape index (κ3) is 10.2. The van der Waals surface area contributed by atoms with E-state index in [-0.39, 0.29) is 23.7 Å². The summed E-state index contributed by atoms with van der Waals surface area (Å²) in [5.74, 6) is -0.00655. The highest BCUT2D eigenvalue weighted by molar-refractivity contribution is 14.1. The van der Waals surface area contributed by atoms with E-state index < -0.39 is 7.12 Å². The fraction of sp³-hybridized carbons (Fsp3) is 0.160. The second-order valence-corrected chi connectivity index (χ2v) is 17.1. The van der Waals surface area contributed by atoms with E-state index in [4.69, 9.17) is 21.5 Å². The van der Waals surface area contributed by atoms with Crippen molar-refractivity contribution in [3.05, 3.63) is 182 Å². The molecule has 0 fully saturated rings. The van der Waals surface area contributed by atoms with Crippen molar-refractivity contribution in [3.63, 3.8) is 0 Å². The van der Waals surface area contributed by atoms with Gasteiger partial charge in [-0.2, -0.15) is 0 Å². The Kier molecular flexibility index (Phi) is 14.2. The number of nitrogens with zero attached hydrogens (tertiary/aromatic N) is 6. The highest BCUT2D eigenvalue weighted by Gasteiger charge is 2.28. The monoisotopic (exact) mass is 990 g/mol. The molecule has 66 heavy (non-hydrogen) atoms. The van der Waals surface area contributed by atoms with Gasteiger partial charge < -0.3 is 41.9 Å². The zero-order valence-corrected chi connectivity index (χ0v) is 38.6. The van der Waals surface area contributed by atoms with Crippen LogP contribution in [-0.2, 0) is 39.3 Å². The standard InChI is InChI=1S/C25H23N5O.C17H13IN4O.C8H12BNO2/c1-27-13-17-6-4-5-9-20(17)16-10-11-22-21(12-16)23(29-25(26)28-22)24(31)30-14-18-7-2-3-8-19(18)15-30;18-12-5-6-14-13(7-12)15(21-17(19)20-14)16(23)22-8-10-3-1-2-4-11(10)9-22;1-10-6-7-4-2-3-5-8(7)9(11)12/h2-12,27H,13-15H2,1H3,(H2,26,28,29);1-7H,8-9H2,(H2,19,20,21);2-5,10-12H,6H2,1H3. The van der Waals surface area contributed by atoms with Gasteiger partial charge >= 0.3 is 7.12 Å². The number of aromatic nitrogens is 4. The molecule has 2 aromatic heterocycles. The SMILES string of the molecule is CNCc1ccccc1-c1ccc2nc(N)nc(C(=O)N3Cc4ccccc4C3)c2c1.CNCc1ccccc1B(O)O.Nc1nc(C(=O)N2Cc3ccccc3C2)c2cc(I)ccc2n1. The zero-order valence-electron chi connectivity index (χ0n) is 36.4. The van der Waals surface area contributed by atoms with E-state index in [2.05, 4.69) is 89.6 Å². The highest BCUT2D eigenvalue weighted by atomic mass is 127. The average Bonchev–Trinajstić information content (AvgIpc) is 3.97. The fourth-order valence-corrected chi connectivity index (χ4v) is 8.79. The van der Waals surface area contributed by atoms with Gasteiger partial charge in [-0.15, -0.1) is 0 Å². The van der Waals surface area contributed by atoms with E-state index >= 15 is 0 Å². The highest BCUT2D eigenvalue weighted by Crippen LogP contribution is 2.31. The summed E-state index contributed by atoms with van der Waals surface area (Å²) >= 11 is 2.21. The third-order valence-corrected chi connectivity index (χ3v) is 12.1. The summed E-state index contributed by atoms with van der Waals surface area (Å²) < 4.78 is 1.03. The first-order valence-electron chi connectivity index (χ1n) is 21.3. The predicted molar refractivity (Wildman–Crippen MR) is 268 cm³/mol. The van der Waals surface area contributed by atoms with Crippen LogP contribution in [-0.4, -0.2) is 72.8 Å². The minimum atomic E-state index is -1.38. The van der Waals surface area contributed by atoms with Gasteiger partial charge in [0.15, 0.2) is 0 Å². The number of benzene rings is 6. The lowest BCUT2D eigenvalue weighted by Crippen LogP contribution is -2.34. The minimum absolute atomic E-state index is 0.107. The van der Waals surface area contributed by atoms with E-state index in [1.54, 1.807) is 17.0 Å². The summed E-state index contributed by atoms with van der Waals surface area (Å²) in [5, 5.41) is 25.5. The molecule has 0 saturated heterocycles. The molecular weight excluding hydrogens is 942 g/mol. The maximum Gasteiger partial charge on any atom is 0.488 e. The molecule has 4 heterocycles. The Morgan fingerprint density at radius 3 is 1.55 bits per heavy atom. The van der Waals surface area contributed by atoms with E-state index in [9.17, 15) is 9.59 Å². The van der Waals surface area contributed by atoms with Crippen molar-refractivity contribution in [3.8, 4) is 11.1 Å². The van der Waals surface area contributed by atoms with Crippen molar-refractivity contribution in [1.82, 2.24) is 40.4 Å². The van der Waals surface area contributed by atoms with Gasteiger partial charge in [0.2, 0.25) is 11.9 Å². The molecule has 0 atom stereocenters. The number of carbonyl (C=O) groups excluding carboxylic acids is 2. The normalized spacial score (nSPS) is 12.5. The number of anilines is 2. The molecule has 332 valence electrons. The van der Waals surface area contributed by atoms with Crippen molar-refractivity contribution in [2.75, 3.05) is 25.6 Å². The summed E-state index contributed by atoms with van der Waals surface area (Å²) in [6.45, 7) is 3.75. The van der Waals surface area contributed by atoms with Crippen LogP contribution < -0.4 is 27.6 Å². The fourth-order valence-electron chi connectivity index (χ4n) is 8.30. The first-order chi connectivity index (χ1) is 32.0. The first kappa shape index (κ1) is 45.7. The van der Waals surface area contributed by atoms with E-state index in [1.165, 1.54) is 27.8 Å². The second-order valence-electron chi connectivity index (χ2n) is 15.9. The number of nitrogens with two attached hydrogens (primary N) is 2.